The van der Waals surface area contributed by atoms with Gasteiger partial charge in [0.15, 0.2) is 0 Å². The molecule has 0 spiro atoms. The average molecular weight is 588 g/mol. The van der Waals surface area contributed by atoms with Crippen molar-refractivity contribution in [3.05, 3.63) is 54.0 Å². The van der Waals surface area contributed by atoms with Gasteiger partial charge in [0.05, 0.1) is 35.1 Å². The highest BCUT2D eigenvalue weighted by Gasteiger charge is 2.25. The number of carbonyl (C=O) groups excluding carboxylic acids is 1. The lowest BCUT2D eigenvalue weighted by molar-refractivity contribution is 0.0630. The zero-order chi connectivity index (χ0) is 30.9. The summed E-state index contributed by atoms with van der Waals surface area (Å²) in [5, 5.41) is 18.1. The van der Waals surface area contributed by atoms with E-state index in [4.69, 9.17) is 4.98 Å². The number of anilines is 2. The number of benzene rings is 1. The van der Waals surface area contributed by atoms with Crippen LogP contribution in [0.2, 0.25) is 0 Å². The summed E-state index contributed by atoms with van der Waals surface area (Å²) >= 11 is 0. The molecule has 5 rings (SSSR count). The van der Waals surface area contributed by atoms with Crippen molar-refractivity contribution in [2.75, 3.05) is 57.5 Å². The molecule has 230 valence electrons. The van der Waals surface area contributed by atoms with E-state index >= 15 is 0 Å². The molecule has 1 aromatic carbocycles. The molecule has 0 saturated carbocycles. The Morgan fingerprint density at radius 2 is 1.84 bits per heavy atom. The Labute approximate surface area is 254 Å². The Bertz CT molecular complexity index is 1580. The van der Waals surface area contributed by atoms with Gasteiger partial charge in [-0.1, -0.05) is 0 Å². The molecule has 43 heavy (non-hydrogen) atoms. The van der Waals surface area contributed by atoms with Crippen molar-refractivity contribution in [2.45, 2.75) is 51.8 Å². The van der Waals surface area contributed by atoms with E-state index in [9.17, 15) is 9.90 Å². The molecule has 3 aromatic heterocycles. The van der Waals surface area contributed by atoms with E-state index in [1.165, 1.54) is 0 Å². The van der Waals surface area contributed by atoms with Crippen LogP contribution in [-0.4, -0.2) is 104 Å². The third-order valence-corrected chi connectivity index (χ3v) is 8.07. The van der Waals surface area contributed by atoms with Crippen molar-refractivity contribution >= 4 is 28.6 Å². The first-order valence-corrected chi connectivity index (χ1v) is 15.0. The van der Waals surface area contributed by atoms with Crippen LogP contribution in [0.1, 0.15) is 42.7 Å². The third kappa shape index (κ3) is 7.41. The number of aryl methyl sites for hydroxylation is 2. The van der Waals surface area contributed by atoms with E-state index in [0.29, 0.717) is 23.2 Å². The summed E-state index contributed by atoms with van der Waals surface area (Å²) in [7, 11) is 8.31. The molecule has 0 radical (unpaired) electrons. The second-order valence-corrected chi connectivity index (χ2v) is 12.7. The smallest absolute Gasteiger partial charge is 0.258 e. The molecule has 1 aliphatic heterocycles. The Morgan fingerprint density at radius 3 is 2.49 bits per heavy atom. The van der Waals surface area contributed by atoms with E-state index in [1.54, 1.807) is 36.9 Å². The molecule has 11 nitrogen and oxygen atoms in total. The minimum atomic E-state index is -1.01. The molecule has 0 aliphatic carbocycles. The molecular formula is C32H45N9O2. The molecular weight excluding hydrogens is 542 g/mol. The van der Waals surface area contributed by atoms with E-state index in [0.717, 1.165) is 67.0 Å². The number of imidazole rings is 1. The van der Waals surface area contributed by atoms with Crippen LogP contribution in [0.4, 0.5) is 11.6 Å². The monoisotopic (exact) mass is 587 g/mol. The molecule has 0 atom stereocenters. The summed E-state index contributed by atoms with van der Waals surface area (Å²) in [5.41, 5.74) is 4.49. The molecule has 1 fully saturated rings. The van der Waals surface area contributed by atoms with Crippen LogP contribution in [0, 0.1) is 6.92 Å². The number of hydrogen-bond donors (Lipinski definition) is 2. The van der Waals surface area contributed by atoms with E-state index in [2.05, 4.69) is 63.4 Å². The fourth-order valence-corrected chi connectivity index (χ4v) is 5.73. The summed E-state index contributed by atoms with van der Waals surface area (Å²) in [6.07, 6.45) is 5.82. The quantitative estimate of drug-likeness (QED) is 0.290. The number of amides is 1. The predicted molar refractivity (Wildman–Crippen MR) is 172 cm³/mol. The maximum Gasteiger partial charge on any atom is 0.258 e. The van der Waals surface area contributed by atoms with Crippen molar-refractivity contribution in [3.8, 4) is 11.3 Å². The molecule has 1 saturated heterocycles. The fourth-order valence-electron chi connectivity index (χ4n) is 5.73. The van der Waals surface area contributed by atoms with Gasteiger partial charge in [-0.3, -0.25) is 19.8 Å². The Kier molecular flexibility index (Phi) is 8.86. The number of pyridine rings is 1. The van der Waals surface area contributed by atoms with Crippen LogP contribution in [0.25, 0.3) is 22.3 Å². The van der Waals surface area contributed by atoms with Gasteiger partial charge in [0.2, 0.25) is 5.95 Å². The molecule has 11 heteroatoms. The topological polar surface area (TPSA) is 108 Å². The second kappa shape index (κ2) is 12.4. The van der Waals surface area contributed by atoms with Crippen LogP contribution in [0.5, 0.6) is 0 Å². The number of carbonyl (C=O) groups is 1. The van der Waals surface area contributed by atoms with Crippen molar-refractivity contribution in [3.63, 3.8) is 0 Å². The number of aliphatic hydroxyl groups is 1. The van der Waals surface area contributed by atoms with Gasteiger partial charge in [0.25, 0.3) is 5.91 Å². The lowest BCUT2D eigenvalue weighted by atomic mass is 10.0. The molecule has 0 unspecified atom stereocenters. The highest BCUT2D eigenvalue weighted by molar-refractivity contribution is 6.04. The third-order valence-electron chi connectivity index (χ3n) is 8.07. The summed E-state index contributed by atoms with van der Waals surface area (Å²) in [6.45, 7) is 9.75. The summed E-state index contributed by atoms with van der Waals surface area (Å²) in [6, 6.07) is 10.4. The van der Waals surface area contributed by atoms with Crippen LogP contribution < -0.4 is 10.2 Å². The lowest BCUT2D eigenvalue weighted by Gasteiger charge is -2.38. The molecule has 0 bridgehead atoms. The first-order chi connectivity index (χ1) is 20.4. The van der Waals surface area contributed by atoms with Crippen molar-refractivity contribution < 1.29 is 9.90 Å². The maximum atomic E-state index is 13.5. The molecule has 1 amide bonds. The van der Waals surface area contributed by atoms with Gasteiger partial charge in [-0.25, -0.2) is 4.98 Å². The van der Waals surface area contributed by atoms with Crippen LogP contribution in [-0.2, 0) is 13.6 Å². The standard InChI is InChI=1S/C32H45N9O2/c1-22-16-23(17-28(34-22)24-19-33-39(7)20-24)30(42)36-31-35-27-9-8-26(18-29(27)41(31)21-32(2,3)43)40-12-10-25(11-13-40)38(6)15-14-37(4)5/h8-9,16-20,25,43H,10-15,21H2,1-7H3,(H,35,36,42). The fraction of sp³-hybridized carbons (Fsp3) is 0.500. The Hall–Kier alpha value is -3.80. The van der Waals surface area contributed by atoms with Crippen molar-refractivity contribution in [2.24, 2.45) is 7.05 Å². The van der Waals surface area contributed by atoms with Gasteiger partial charge in [0.1, 0.15) is 0 Å². The predicted octanol–water partition coefficient (Wildman–Crippen LogP) is 3.63. The van der Waals surface area contributed by atoms with Gasteiger partial charge in [-0.05, 0) is 85.1 Å². The molecule has 1 aliphatic rings. The van der Waals surface area contributed by atoms with E-state index < -0.39 is 5.60 Å². The number of rotatable bonds is 10. The van der Waals surface area contributed by atoms with Crippen LogP contribution >= 0.6 is 0 Å². The minimum Gasteiger partial charge on any atom is -0.389 e. The Balaban J connectivity index is 1.38. The number of hydrogen-bond acceptors (Lipinski definition) is 8. The van der Waals surface area contributed by atoms with Gasteiger partial charge in [-0.15, -0.1) is 0 Å². The van der Waals surface area contributed by atoms with Crippen molar-refractivity contribution in [1.29, 1.82) is 0 Å². The molecule has 2 N–H and O–H groups in total. The summed E-state index contributed by atoms with van der Waals surface area (Å²) in [4.78, 5) is 30.1. The van der Waals surface area contributed by atoms with Gasteiger partial charge in [-0.2, -0.15) is 5.10 Å². The molecule has 4 heterocycles. The SMILES string of the molecule is Cc1cc(C(=O)Nc2nc3ccc(N4CCC(N(C)CCN(C)C)CC4)cc3n2CC(C)(C)O)cc(-c2cnn(C)c2)n1. The molecule has 4 aromatic rings. The van der Waals surface area contributed by atoms with E-state index in [1.807, 2.05) is 30.8 Å². The number of nitrogens with one attached hydrogen (secondary N) is 1. The number of piperidine rings is 1. The first kappa shape index (κ1) is 30.7. The largest absolute Gasteiger partial charge is 0.389 e. The highest BCUT2D eigenvalue weighted by Crippen LogP contribution is 2.30. The zero-order valence-corrected chi connectivity index (χ0v) is 26.5. The second-order valence-electron chi connectivity index (χ2n) is 12.7. The summed E-state index contributed by atoms with van der Waals surface area (Å²) < 4.78 is 3.62. The number of likely N-dealkylation sites (N-methyl/N-ethyl adjacent to an activating group) is 2. The van der Waals surface area contributed by atoms with Crippen LogP contribution in [0.15, 0.2) is 42.7 Å². The van der Waals surface area contributed by atoms with Crippen molar-refractivity contribution in [1.82, 2.24) is 34.1 Å². The number of nitrogens with zero attached hydrogens (tertiary/aromatic N) is 8. The number of fused-ring (bicyclic) bond motifs is 1. The minimum absolute atomic E-state index is 0.275. The van der Waals surface area contributed by atoms with E-state index in [-0.39, 0.29) is 12.5 Å². The first-order valence-electron chi connectivity index (χ1n) is 15.0. The van der Waals surface area contributed by atoms with Crippen LogP contribution in [0.3, 0.4) is 0 Å². The average Bonchev–Trinajstić information content (AvgIpc) is 3.53. The highest BCUT2D eigenvalue weighted by atomic mass is 16.3. The van der Waals surface area contributed by atoms with Gasteiger partial charge in [0, 0.05) is 68.0 Å². The van der Waals surface area contributed by atoms with Gasteiger partial charge >= 0.3 is 0 Å². The van der Waals surface area contributed by atoms with Gasteiger partial charge < -0.3 is 24.4 Å². The zero-order valence-electron chi connectivity index (χ0n) is 26.5. The normalized spacial score (nSPS) is 14.8. The lowest BCUT2D eigenvalue weighted by Crippen LogP contribution is -2.45. The Morgan fingerprint density at radius 1 is 1.09 bits per heavy atom. The maximum absolute atomic E-state index is 13.5. The summed E-state index contributed by atoms with van der Waals surface area (Å²) in [5.74, 6) is 0.113. The number of aromatic nitrogens is 5.